The molecule has 0 spiro atoms. The first kappa shape index (κ1) is 18.2. The van der Waals surface area contributed by atoms with Gasteiger partial charge in [0.05, 0.1) is 29.8 Å². The van der Waals surface area contributed by atoms with Gasteiger partial charge in [-0.1, -0.05) is 6.92 Å². The minimum Gasteiger partial charge on any atom is -0.383 e. The van der Waals surface area contributed by atoms with Gasteiger partial charge in [-0.15, -0.1) is 0 Å². The monoisotopic (exact) mass is 405 g/mol. The summed E-state index contributed by atoms with van der Waals surface area (Å²) in [5.41, 5.74) is 12.6. The van der Waals surface area contributed by atoms with Crippen LogP contribution in [-0.2, 0) is 23.4 Å². The molecule has 0 radical (unpaired) electrons. The fourth-order valence-corrected chi connectivity index (χ4v) is 5.38. The van der Waals surface area contributed by atoms with Crippen molar-refractivity contribution in [2.75, 3.05) is 6.61 Å². The zero-order valence-corrected chi connectivity index (χ0v) is 17.1. The summed E-state index contributed by atoms with van der Waals surface area (Å²) in [5.74, 6) is -0.218. The molecule has 0 saturated heterocycles. The maximum absolute atomic E-state index is 14.6. The highest BCUT2D eigenvalue weighted by Gasteiger charge is 2.35. The number of fused-ring (bicyclic) bond motifs is 5. The van der Waals surface area contributed by atoms with Gasteiger partial charge < -0.3 is 20.0 Å². The summed E-state index contributed by atoms with van der Waals surface area (Å²) in [6, 6.07) is 3.45. The van der Waals surface area contributed by atoms with E-state index in [1.807, 2.05) is 30.5 Å². The summed E-state index contributed by atoms with van der Waals surface area (Å²) in [5, 5.41) is 13.1. The molecule has 1 aromatic carbocycles. The largest absolute Gasteiger partial charge is 0.383 e. The maximum atomic E-state index is 14.6. The van der Waals surface area contributed by atoms with Crippen LogP contribution < -0.4 is 5.73 Å². The number of aliphatic hydroxyl groups is 1. The van der Waals surface area contributed by atoms with Crippen LogP contribution in [0.3, 0.4) is 0 Å². The molecule has 4 aromatic rings. The molecule has 3 N–H and O–H groups in total. The van der Waals surface area contributed by atoms with Gasteiger partial charge in [-0.3, -0.25) is 0 Å². The lowest BCUT2D eigenvalue weighted by atomic mass is 9.83. The molecule has 6 heteroatoms. The van der Waals surface area contributed by atoms with Crippen molar-refractivity contribution >= 4 is 27.3 Å². The Balaban J connectivity index is 1.77. The number of aromatic nitrogens is 2. The van der Waals surface area contributed by atoms with E-state index in [4.69, 9.17) is 15.5 Å². The molecule has 1 aliphatic carbocycles. The van der Waals surface area contributed by atoms with E-state index < -0.39 is 5.60 Å². The van der Waals surface area contributed by atoms with Gasteiger partial charge in [-0.2, -0.15) is 0 Å². The Bertz CT molecular complexity index is 1380. The minimum atomic E-state index is -1.01. The van der Waals surface area contributed by atoms with E-state index in [0.717, 1.165) is 56.9 Å². The van der Waals surface area contributed by atoms with Crippen molar-refractivity contribution in [3.05, 3.63) is 58.2 Å². The van der Waals surface area contributed by atoms with Crippen molar-refractivity contribution < 1.29 is 14.2 Å². The topological polar surface area (TPSA) is 72.8 Å². The van der Waals surface area contributed by atoms with E-state index >= 15 is 0 Å². The standard InChI is InChI=1S/C24H24FN3O2/c1-3-24(29)11-30-10-13-8-28-9-15-21-18(26)5-4-14-12(2)17(25)7-19(22(14)21)27-23(15)20(28)6-16(13)24/h6-9,18,29H,3-5,10-11,26H2,1-2H3/t18-,24+/m0/s1. The number of nitrogens with two attached hydrogens (primary N) is 1. The zero-order chi connectivity index (χ0) is 20.8. The lowest BCUT2D eigenvalue weighted by Gasteiger charge is -2.33. The number of halogens is 1. The van der Waals surface area contributed by atoms with Gasteiger partial charge in [0.25, 0.3) is 0 Å². The Morgan fingerprint density at radius 2 is 2.20 bits per heavy atom. The van der Waals surface area contributed by atoms with Gasteiger partial charge in [-0.25, -0.2) is 9.37 Å². The number of hydrogen-bond donors (Lipinski definition) is 2. The van der Waals surface area contributed by atoms with E-state index in [1.54, 1.807) is 0 Å². The van der Waals surface area contributed by atoms with Crippen LogP contribution in [0.25, 0.3) is 27.3 Å². The van der Waals surface area contributed by atoms with Crippen molar-refractivity contribution in [2.45, 2.75) is 51.4 Å². The quantitative estimate of drug-likeness (QED) is 0.499. The molecule has 154 valence electrons. The SMILES string of the molecule is CC[C@@]1(O)COCc2cn3cc4c5c6c(c(C)c(F)cc6nc4c3cc21)CC[C@@H]5N. The number of benzene rings is 1. The summed E-state index contributed by atoms with van der Waals surface area (Å²) >= 11 is 0. The third kappa shape index (κ3) is 2.24. The van der Waals surface area contributed by atoms with Crippen LogP contribution in [0.2, 0.25) is 0 Å². The molecule has 4 heterocycles. The van der Waals surface area contributed by atoms with Crippen LogP contribution in [-0.4, -0.2) is 21.1 Å². The molecular weight excluding hydrogens is 381 g/mol. The van der Waals surface area contributed by atoms with Crippen LogP contribution >= 0.6 is 0 Å². The summed E-state index contributed by atoms with van der Waals surface area (Å²) in [4.78, 5) is 4.90. The summed E-state index contributed by atoms with van der Waals surface area (Å²) in [6.07, 6.45) is 6.21. The molecule has 3 aromatic heterocycles. The molecular formula is C24H24FN3O2. The number of rotatable bonds is 1. The second-order valence-corrected chi connectivity index (χ2v) is 8.80. The summed E-state index contributed by atoms with van der Waals surface area (Å²) in [6.45, 7) is 4.55. The van der Waals surface area contributed by atoms with E-state index in [1.165, 1.54) is 6.07 Å². The predicted molar refractivity (Wildman–Crippen MR) is 114 cm³/mol. The van der Waals surface area contributed by atoms with E-state index in [2.05, 4.69) is 6.20 Å². The highest BCUT2D eigenvalue weighted by molar-refractivity contribution is 6.06. The summed E-state index contributed by atoms with van der Waals surface area (Å²) in [7, 11) is 0. The predicted octanol–water partition coefficient (Wildman–Crippen LogP) is 4.16. The molecule has 2 atom stereocenters. The van der Waals surface area contributed by atoms with Crippen molar-refractivity contribution in [3.8, 4) is 0 Å². The number of nitrogens with zero attached hydrogens (tertiary/aromatic N) is 2. The average Bonchev–Trinajstić information content (AvgIpc) is 3.09. The first-order valence-corrected chi connectivity index (χ1v) is 10.6. The van der Waals surface area contributed by atoms with Crippen molar-refractivity contribution in [3.63, 3.8) is 0 Å². The minimum absolute atomic E-state index is 0.113. The van der Waals surface area contributed by atoms with Gasteiger partial charge in [0.2, 0.25) is 0 Å². The smallest absolute Gasteiger partial charge is 0.128 e. The Morgan fingerprint density at radius 3 is 3.00 bits per heavy atom. The van der Waals surface area contributed by atoms with Crippen molar-refractivity contribution in [1.82, 2.24) is 9.38 Å². The first-order valence-electron chi connectivity index (χ1n) is 10.6. The number of pyridine rings is 2. The Kier molecular flexibility index (Phi) is 3.65. The lowest BCUT2D eigenvalue weighted by molar-refractivity contribution is -0.0751. The third-order valence-electron chi connectivity index (χ3n) is 7.15. The molecule has 6 rings (SSSR count). The number of aryl methyl sites for hydroxylation is 1. The number of ether oxygens (including phenoxy) is 1. The van der Waals surface area contributed by atoms with Crippen LogP contribution in [0.1, 0.15) is 53.6 Å². The molecule has 0 fully saturated rings. The van der Waals surface area contributed by atoms with E-state index in [0.29, 0.717) is 24.1 Å². The highest BCUT2D eigenvalue weighted by atomic mass is 19.1. The zero-order valence-electron chi connectivity index (χ0n) is 17.1. The van der Waals surface area contributed by atoms with Crippen molar-refractivity contribution in [2.24, 2.45) is 5.73 Å². The van der Waals surface area contributed by atoms with Crippen LogP contribution in [0.15, 0.2) is 24.5 Å². The fraction of sp³-hybridized carbons (Fsp3) is 0.375. The maximum Gasteiger partial charge on any atom is 0.128 e. The van der Waals surface area contributed by atoms with Crippen LogP contribution in [0.5, 0.6) is 0 Å². The molecule has 30 heavy (non-hydrogen) atoms. The molecule has 0 unspecified atom stereocenters. The summed E-state index contributed by atoms with van der Waals surface area (Å²) < 4.78 is 22.3. The second-order valence-electron chi connectivity index (χ2n) is 8.80. The van der Waals surface area contributed by atoms with Gasteiger partial charge in [-0.05, 0) is 54.5 Å². The normalized spacial score (nSPS) is 23.4. The molecule has 0 amide bonds. The third-order valence-corrected chi connectivity index (χ3v) is 7.15. The molecule has 0 saturated carbocycles. The van der Waals surface area contributed by atoms with Crippen LogP contribution in [0.4, 0.5) is 4.39 Å². The Labute approximate surface area is 173 Å². The molecule has 0 bridgehead atoms. The first-order chi connectivity index (χ1) is 14.4. The van der Waals surface area contributed by atoms with Gasteiger partial charge in [0, 0.05) is 40.8 Å². The van der Waals surface area contributed by atoms with Gasteiger partial charge in [0.1, 0.15) is 11.4 Å². The van der Waals surface area contributed by atoms with Crippen LogP contribution in [0, 0.1) is 12.7 Å². The highest BCUT2D eigenvalue weighted by Crippen LogP contribution is 2.42. The van der Waals surface area contributed by atoms with E-state index in [9.17, 15) is 9.50 Å². The molecule has 2 aliphatic rings. The van der Waals surface area contributed by atoms with Gasteiger partial charge in [0.15, 0.2) is 0 Å². The Morgan fingerprint density at radius 1 is 1.37 bits per heavy atom. The second kappa shape index (κ2) is 6.00. The van der Waals surface area contributed by atoms with E-state index in [-0.39, 0.29) is 18.5 Å². The van der Waals surface area contributed by atoms with Crippen molar-refractivity contribution in [1.29, 1.82) is 0 Å². The molecule has 1 aliphatic heterocycles. The fourth-order valence-electron chi connectivity index (χ4n) is 5.38. The number of hydrogen-bond acceptors (Lipinski definition) is 4. The lowest BCUT2D eigenvalue weighted by Crippen LogP contribution is -2.35. The average molecular weight is 405 g/mol. The Hall–Kier alpha value is -2.54. The molecule has 5 nitrogen and oxygen atoms in total. The van der Waals surface area contributed by atoms with Gasteiger partial charge >= 0.3 is 0 Å².